The summed E-state index contributed by atoms with van der Waals surface area (Å²) < 4.78 is 43.9. The van der Waals surface area contributed by atoms with Crippen molar-refractivity contribution in [2.45, 2.75) is 76.1 Å². The van der Waals surface area contributed by atoms with Crippen LogP contribution in [0.2, 0.25) is 0 Å². The largest absolute Gasteiger partial charge is 0.462 e. The van der Waals surface area contributed by atoms with Crippen molar-refractivity contribution < 1.29 is 42.8 Å². The van der Waals surface area contributed by atoms with E-state index in [0.717, 1.165) is 5.56 Å². The summed E-state index contributed by atoms with van der Waals surface area (Å²) in [6.45, 7) is 12.2. The molecule has 0 saturated carbocycles. The highest BCUT2D eigenvalue weighted by atomic mass is 31.2. The van der Waals surface area contributed by atoms with Crippen LogP contribution >= 0.6 is 7.75 Å². The molecule has 46 heavy (non-hydrogen) atoms. The molecular weight excluding hydrogens is 619 g/mol. The molecule has 5 N–H and O–H groups in total. The van der Waals surface area contributed by atoms with Gasteiger partial charge in [0.1, 0.15) is 48.6 Å². The predicted octanol–water partition coefficient (Wildman–Crippen LogP) is 2.39. The SMILES string of the molecule is C=NC[C@@]1(c2ccc3c(N)ncnn23)O[C@H](COP(=O)(N[C@@H](C)C(=O)OCC(C)OC)Oc2ccc(C(C)(C)C)cc2)[C@@H](O)[C@H]1O. The maximum absolute atomic E-state index is 14.2. The van der Waals surface area contributed by atoms with Crippen molar-refractivity contribution in [3.8, 4) is 5.75 Å². The van der Waals surface area contributed by atoms with Crippen LogP contribution in [0.15, 0.2) is 47.7 Å². The van der Waals surface area contributed by atoms with E-state index in [1.807, 2.05) is 12.1 Å². The molecule has 0 radical (unpaired) electrons. The van der Waals surface area contributed by atoms with Crippen molar-refractivity contribution in [3.05, 3.63) is 54.0 Å². The molecule has 2 unspecified atom stereocenters. The first kappa shape index (κ1) is 35.4. The Balaban J connectivity index is 1.59. The summed E-state index contributed by atoms with van der Waals surface area (Å²) in [5.41, 5.74) is 6.02. The fourth-order valence-corrected chi connectivity index (χ4v) is 6.48. The van der Waals surface area contributed by atoms with Gasteiger partial charge in [0.05, 0.1) is 24.9 Å². The lowest BCUT2D eigenvalue weighted by molar-refractivity contribution is -0.148. The van der Waals surface area contributed by atoms with Crippen LogP contribution in [0.1, 0.15) is 45.9 Å². The minimum atomic E-state index is -4.36. The van der Waals surface area contributed by atoms with E-state index in [-0.39, 0.29) is 36.2 Å². The van der Waals surface area contributed by atoms with E-state index in [2.05, 4.69) is 47.7 Å². The summed E-state index contributed by atoms with van der Waals surface area (Å²) in [6.07, 6.45) is -3.39. The third kappa shape index (κ3) is 7.58. The second kappa shape index (κ2) is 14.1. The van der Waals surface area contributed by atoms with E-state index in [0.29, 0.717) is 11.2 Å². The van der Waals surface area contributed by atoms with Gasteiger partial charge in [0.25, 0.3) is 0 Å². The highest BCUT2D eigenvalue weighted by molar-refractivity contribution is 7.52. The zero-order valence-electron chi connectivity index (χ0n) is 26.8. The fraction of sp³-hybridized carbons (Fsp3) is 0.533. The summed E-state index contributed by atoms with van der Waals surface area (Å²) in [6, 6.07) is 9.07. The van der Waals surface area contributed by atoms with Gasteiger partial charge < -0.3 is 34.7 Å². The number of methoxy groups -OCH3 is 1. The number of benzene rings is 1. The summed E-state index contributed by atoms with van der Waals surface area (Å²) in [5.74, 6) is -0.322. The van der Waals surface area contributed by atoms with Crippen LogP contribution < -0.4 is 15.3 Å². The van der Waals surface area contributed by atoms with Crippen LogP contribution in [-0.4, -0.2) is 94.8 Å². The van der Waals surface area contributed by atoms with Crippen molar-refractivity contribution in [1.29, 1.82) is 0 Å². The zero-order chi connectivity index (χ0) is 33.9. The number of aliphatic hydroxyl groups is 2. The number of fused-ring (bicyclic) bond motifs is 1. The van der Waals surface area contributed by atoms with Gasteiger partial charge >= 0.3 is 13.7 Å². The number of esters is 1. The molecule has 1 fully saturated rings. The van der Waals surface area contributed by atoms with Gasteiger partial charge in [0, 0.05) is 7.11 Å². The van der Waals surface area contributed by atoms with Gasteiger partial charge in [-0.2, -0.15) is 10.2 Å². The number of anilines is 1. The van der Waals surface area contributed by atoms with Crippen LogP contribution in [0.3, 0.4) is 0 Å². The Labute approximate surface area is 267 Å². The van der Waals surface area contributed by atoms with Crippen LogP contribution in [0, 0.1) is 0 Å². The van der Waals surface area contributed by atoms with Crippen molar-refractivity contribution in [2.75, 3.05) is 32.6 Å². The lowest BCUT2D eigenvalue weighted by Gasteiger charge is -2.30. The number of aliphatic imine (C=N–C) groups is 1. The second-order valence-electron chi connectivity index (χ2n) is 12.2. The van der Waals surface area contributed by atoms with E-state index in [4.69, 9.17) is 29.0 Å². The normalized spacial score (nSPS) is 24.3. The fourth-order valence-electron chi connectivity index (χ4n) is 4.98. The first-order valence-corrected chi connectivity index (χ1v) is 16.3. The molecule has 0 aliphatic carbocycles. The van der Waals surface area contributed by atoms with Crippen LogP contribution in [0.5, 0.6) is 5.75 Å². The Hall–Kier alpha value is -3.43. The van der Waals surface area contributed by atoms with E-state index in [1.54, 1.807) is 31.2 Å². The third-order valence-corrected chi connectivity index (χ3v) is 9.37. The molecule has 3 aromatic rings. The maximum atomic E-state index is 14.2. The number of rotatable bonds is 14. The molecule has 0 amide bonds. The molecule has 1 aliphatic heterocycles. The number of nitrogen functional groups attached to an aromatic ring is 1. The average Bonchev–Trinajstić information content (AvgIpc) is 3.55. The first-order chi connectivity index (χ1) is 21.6. The van der Waals surface area contributed by atoms with Gasteiger partial charge in [0.15, 0.2) is 11.4 Å². The maximum Gasteiger partial charge on any atom is 0.459 e. The van der Waals surface area contributed by atoms with E-state index in [9.17, 15) is 19.6 Å². The molecule has 1 aromatic carbocycles. The molecule has 1 saturated heterocycles. The summed E-state index contributed by atoms with van der Waals surface area (Å²) in [5, 5.41) is 29.3. The van der Waals surface area contributed by atoms with Crippen molar-refractivity contribution >= 4 is 31.8 Å². The summed E-state index contributed by atoms with van der Waals surface area (Å²) >= 11 is 0. The monoisotopic (exact) mass is 662 g/mol. The van der Waals surface area contributed by atoms with Gasteiger partial charge in [-0.25, -0.2) is 14.1 Å². The minimum absolute atomic E-state index is 0.0218. The van der Waals surface area contributed by atoms with Gasteiger partial charge in [-0.3, -0.25) is 14.3 Å². The number of hydrogen-bond donors (Lipinski definition) is 4. The van der Waals surface area contributed by atoms with Gasteiger partial charge in [-0.1, -0.05) is 32.9 Å². The first-order valence-electron chi connectivity index (χ1n) is 14.7. The molecule has 15 nitrogen and oxygen atoms in total. The van der Waals surface area contributed by atoms with Crippen molar-refractivity contribution in [1.82, 2.24) is 19.7 Å². The molecule has 252 valence electrons. The Morgan fingerprint density at radius 2 is 1.93 bits per heavy atom. The number of nitrogens with two attached hydrogens (primary N) is 1. The molecule has 3 heterocycles. The topological polar surface area (TPSA) is 201 Å². The number of ether oxygens (including phenoxy) is 3. The highest BCUT2D eigenvalue weighted by Crippen LogP contribution is 2.47. The lowest BCUT2D eigenvalue weighted by Crippen LogP contribution is -2.44. The quantitative estimate of drug-likeness (QED) is 0.111. The Bertz CT molecular complexity index is 1560. The Kier molecular flexibility index (Phi) is 10.9. The zero-order valence-corrected chi connectivity index (χ0v) is 27.7. The smallest absolute Gasteiger partial charge is 0.459 e. The number of nitrogens with one attached hydrogen (secondary N) is 1. The Morgan fingerprint density at radius 1 is 1.24 bits per heavy atom. The van der Waals surface area contributed by atoms with Crippen LogP contribution in [0.4, 0.5) is 5.82 Å². The summed E-state index contributed by atoms with van der Waals surface area (Å²) in [7, 11) is -2.87. The third-order valence-electron chi connectivity index (χ3n) is 7.73. The second-order valence-corrected chi connectivity index (χ2v) is 13.9. The number of hydrogen-bond acceptors (Lipinski definition) is 13. The summed E-state index contributed by atoms with van der Waals surface area (Å²) in [4.78, 5) is 20.6. The van der Waals surface area contributed by atoms with Crippen molar-refractivity contribution in [2.24, 2.45) is 4.99 Å². The number of nitrogens with zero attached hydrogens (tertiary/aromatic N) is 4. The number of carbonyl (C=O) groups excluding carboxylic acids is 1. The molecule has 16 heteroatoms. The molecular formula is C30H43N6O9P. The molecule has 0 spiro atoms. The lowest BCUT2D eigenvalue weighted by atomic mass is 9.87. The Morgan fingerprint density at radius 3 is 2.57 bits per heavy atom. The van der Waals surface area contributed by atoms with Gasteiger partial charge in [-0.15, -0.1) is 0 Å². The van der Waals surface area contributed by atoms with E-state index in [1.165, 1.54) is 24.9 Å². The minimum Gasteiger partial charge on any atom is -0.462 e. The molecule has 4 rings (SSSR count). The highest BCUT2D eigenvalue weighted by Gasteiger charge is 2.57. The van der Waals surface area contributed by atoms with Crippen LogP contribution in [-0.2, 0) is 39.1 Å². The predicted molar refractivity (Wildman–Crippen MR) is 170 cm³/mol. The standard InChI is InChI=1S/C30H43N6O9P/c1-18(41-7)14-42-28(39)19(2)35-46(40,45-21-10-8-20(9-11-21)29(3,4)5)43-15-23-25(37)26(38)30(44-23,16-32-6)24-13-12-22-27(31)33-17-34-36(22)24/h8-13,17-19,23,25-26,37-38H,6,14-16H2,1-5,7H3,(H,35,40)(H2,31,33,34)/t18?,19-,23+,25+,26+,30-,46?/m0/s1. The number of carbonyl (C=O) groups is 1. The molecule has 0 bridgehead atoms. The molecule has 7 atom stereocenters. The number of aromatic nitrogens is 3. The van der Waals surface area contributed by atoms with Gasteiger partial charge in [-0.05, 0) is 55.8 Å². The average molecular weight is 663 g/mol. The van der Waals surface area contributed by atoms with Crippen LogP contribution in [0.25, 0.3) is 5.52 Å². The van der Waals surface area contributed by atoms with Gasteiger partial charge in [0.2, 0.25) is 0 Å². The molecule has 2 aromatic heterocycles. The van der Waals surface area contributed by atoms with E-state index < -0.39 is 50.3 Å². The number of aliphatic hydroxyl groups excluding tert-OH is 2. The van der Waals surface area contributed by atoms with E-state index >= 15 is 0 Å². The van der Waals surface area contributed by atoms with Crippen molar-refractivity contribution in [3.63, 3.8) is 0 Å². The molecule has 1 aliphatic rings.